The van der Waals surface area contributed by atoms with E-state index in [1.807, 2.05) is 30.3 Å². The summed E-state index contributed by atoms with van der Waals surface area (Å²) in [5.41, 5.74) is 2.40. The molecule has 4 rings (SSSR count). The lowest BCUT2D eigenvalue weighted by Crippen LogP contribution is -2.53. The van der Waals surface area contributed by atoms with Crippen LogP contribution in [0.3, 0.4) is 0 Å². The first kappa shape index (κ1) is 25.0. The van der Waals surface area contributed by atoms with Crippen LogP contribution in [0, 0.1) is 0 Å². The number of halogens is 1. The largest absolute Gasteiger partial charge is 0.417 e. The zero-order valence-electron chi connectivity index (χ0n) is 20.3. The molecule has 2 aromatic heterocycles. The minimum absolute atomic E-state index is 0.0872. The topological polar surface area (TPSA) is 74.4 Å². The molecular weight excluding hydrogens is 486 g/mol. The first-order valence-electron chi connectivity index (χ1n) is 11.6. The van der Waals surface area contributed by atoms with Gasteiger partial charge in [-0.3, -0.25) is 9.59 Å². The monoisotopic (exact) mass is 517 g/mol. The lowest BCUT2D eigenvalue weighted by atomic mass is 9.96. The number of nitrogens with zero attached hydrogens (tertiary/aromatic N) is 1. The summed E-state index contributed by atoms with van der Waals surface area (Å²) < 4.78 is 6.97. The number of hydrogen-bond acceptors (Lipinski definition) is 4. The molecule has 0 aliphatic carbocycles. The van der Waals surface area contributed by atoms with E-state index in [1.165, 1.54) is 11.3 Å². The van der Waals surface area contributed by atoms with Gasteiger partial charge in [-0.2, -0.15) is 0 Å². The quantitative estimate of drug-likeness (QED) is 0.299. The Kier molecular flexibility index (Phi) is 6.97. The number of fused-ring (bicyclic) bond motifs is 2. The highest BCUT2D eigenvalue weighted by Gasteiger charge is 2.37. The Hall–Kier alpha value is -2.13. The van der Waals surface area contributed by atoms with Crippen LogP contribution in [0.2, 0.25) is 22.5 Å². The van der Waals surface area contributed by atoms with E-state index >= 15 is 0 Å². The molecule has 1 atom stereocenters. The van der Waals surface area contributed by atoms with Crippen LogP contribution in [0.4, 0.5) is 5.69 Å². The van der Waals surface area contributed by atoms with Crippen molar-refractivity contribution in [3.8, 4) is 0 Å². The number of hydrogen-bond donors (Lipinski definition) is 2. The number of carbonyl (C=O) groups is 2. The third-order valence-electron chi connectivity index (χ3n) is 6.89. The molecule has 1 aromatic carbocycles. The van der Waals surface area contributed by atoms with E-state index in [-0.39, 0.29) is 16.9 Å². The van der Waals surface area contributed by atoms with Crippen molar-refractivity contribution in [2.45, 2.75) is 57.8 Å². The zero-order chi connectivity index (χ0) is 24.7. The van der Waals surface area contributed by atoms with E-state index in [9.17, 15) is 9.59 Å². The molecule has 1 aliphatic heterocycles. The number of nitrogens with one attached hydrogen (secondary N) is 2. The standard InChI is InChI=1S/C25H32ClN3O3SSi/c1-25(2,3)34(4,5)32-12-8-11-29-20-10-7-6-9-16(20)13-19(24(29)31)27-22(30)18-14-17-15-21(26)33-23(17)28-18/h6-7,9-10,14-15,19,28H,8,11-13H2,1-5H3,(H,27,30). The summed E-state index contributed by atoms with van der Waals surface area (Å²) in [5, 5.41) is 3.98. The fourth-order valence-electron chi connectivity index (χ4n) is 3.92. The third kappa shape index (κ3) is 5.10. The Balaban J connectivity index is 1.45. The molecule has 0 saturated heterocycles. The summed E-state index contributed by atoms with van der Waals surface area (Å²) in [7, 11) is -1.84. The van der Waals surface area contributed by atoms with E-state index in [4.69, 9.17) is 16.0 Å². The van der Waals surface area contributed by atoms with Gasteiger partial charge in [0.15, 0.2) is 8.32 Å². The molecule has 1 unspecified atom stereocenters. The van der Waals surface area contributed by atoms with Crippen LogP contribution in [0.5, 0.6) is 0 Å². The minimum Gasteiger partial charge on any atom is -0.417 e. The van der Waals surface area contributed by atoms with Gasteiger partial charge in [0.1, 0.15) is 16.6 Å². The molecule has 34 heavy (non-hydrogen) atoms. The Morgan fingerprint density at radius 3 is 2.74 bits per heavy atom. The van der Waals surface area contributed by atoms with Gasteiger partial charge in [-0.05, 0) is 48.3 Å². The van der Waals surface area contributed by atoms with E-state index in [0.717, 1.165) is 27.9 Å². The summed E-state index contributed by atoms with van der Waals surface area (Å²) in [5.74, 6) is -0.380. The Morgan fingerprint density at radius 1 is 1.29 bits per heavy atom. The molecule has 3 heterocycles. The molecule has 6 nitrogen and oxygen atoms in total. The molecule has 0 spiro atoms. The first-order valence-corrected chi connectivity index (χ1v) is 15.7. The second-order valence-corrected chi connectivity index (χ2v) is 16.8. The predicted molar refractivity (Wildman–Crippen MR) is 143 cm³/mol. The average molecular weight is 518 g/mol. The van der Waals surface area contributed by atoms with Crippen molar-refractivity contribution in [1.82, 2.24) is 10.3 Å². The molecule has 0 fully saturated rings. The normalized spacial score (nSPS) is 16.7. The lowest BCUT2D eigenvalue weighted by molar-refractivity contribution is -0.120. The molecule has 182 valence electrons. The zero-order valence-corrected chi connectivity index (χ0v) is 22.9. The molecule has 3 aromatic rings. The summed E-state index contributed by atoms with van der Waals surface area (Å²) in [6.07, 6.45) is 1.21. The highest BCUT2D eigenvalue weighted by Crippen LogP contribution is 2.36. The number of thiophene rings is 1. The summed E-state index contributed by atoms with van der Waals surface area (Å²) in [6, 6.07) is 10.9. The smallest absolute Gasteiger partial charge is 0.268 e. The van der Waals surface area contributed by atoms with Gasteiger partial charge in [0.05, 0.1) is 4.34 Å². The van der Waals surface area contributed by atoms with Crippen molar-refractivity contribution >= 4 is 59.0 Å². The van der Waals surface area contributed by atoms with Gasteiger partial charge in [0.2, 0.25) is 5.91 Å². The summed E-state index contributed by atoms with van der Waals surface area (Å²) >= 11 is 7.42. The van der Waals surface area contributed by atoms with Crippen LogP contribution in [-0.4, -0.2) is 44.3 Å². The third-order valence-corrected chi connectivity index (χ3v) is 12.6. The van der Waals surface area contributed by atoms with Crippen LogP contribution in [0.15, 0.2) is 36.4 Å². The maximum atomic E-state index is 13.4. The number of rotatable bonds is 7. The van der Waals surface area contributed by atoms with Gasteiger partial charge in [-0.1, -0.05) is 50.6 Å². The van der Waals surface area contributed by atoms with Crippen molar-refractivity contribution in [1.29, 1.82) is 0 Å². The number of amides is 2. The van der Waals surface area contributed by atoms with Crippen molar-refractivity contribution in [2.75, 3.05) is 18.1 Å². The Morgan fingerprint density at radius 2 is 2.03 bits per heavy atom. The molecular formula is C25H32ClN3O3SSi. The minimum atomic E-state index is -1.84. The van der Waals surface area contributed by atoms with E-state index in [0.29, 0.717) is 29.6 Å². The van der Waals surface area contributed by atoms with Gasteiger partial charge in [0.25, 0.3) is 5.91 Å². The Labute approximate surface area is 210 Å². The molecule has 2 N–H and O–H groups in total. The van der Waals surface area contributed by atoms with E-state index < -0.39 is 14.4 Å². The second-order valence-electron chi connectivity index (χ2n) is 10.3. The van der Waals surface area contributed by atoms with Crippen molar-refractivity contribution in [3.05, 3.63) is 52.0 Å². The second kappa shape index (κ2) is 9.49. The fourth-order valence-corrected chi connectivity index (χ4v) is 6.14. The van der Waals surface area contributed by atoms with Crippen molar-refractivity contribution in [3.63, 3.8) is 0 Å². The number of carbonyl (C=O) groups excluding carboxylic acids is 2. The average Bonchev–Trinajstić information content (AvgIpc) is 3.30. The van der Waals surface area contributed by atoms with Crippen LogP contribution >= 0.6 is 22.9 Å². The molecule has 0 radical (unpaired) electrons. The highest BCUT2D eigenvalue weighted by molar-refractivity contribution is 7.22. The SMILES string of the molecule is CC(C)(C)[Si](C)(C)OCCCN1C(=O)C(NC(=O)c2cc3cc(Cl)sc3[nH]2)Cc2ccccc21. The molecule has 1 aliphatic rings. The van der Waals surface area contributed by atoms with E-state index in [1.54, 1.807) is 11.0 Å². The molecule has 2 amide bonds. The van der Waals surface area contributed by atoms with Gasteiger partial charge in [-0.25, -0.2) is 0 Å². The molecule has 9 heteroatoms. The predicted octanol–water partition coefficient (Wildman–Crippen LogP) is 5.98. The Bertz CT molecular complexity index is 1180. The summed E-state index contributed by atoms with van der Waals surface area (Å²) in [6.45, 7) is 12.3. The number of H-pyrrole nitrogens is 1. The van der Waals surface area contributed by atoms with Crippen LogP contribution in [0.1, 0.15) is 43.2 Å². The van der Waals surface area contributed by atoms with Crippen LogP contribution in [-0.2, 0) is 15.6 Å². The van der Waals surface area contributed by atoms with Crippen LogP contribution in [0.25, 0.3) is 10.2 Å². The number of anilines is 1. The fraction of sp³-hybridized carbons (Fsp3) is 0.440. The van der Waals surface area contributed by atoms with Gasteiger partial charge < -0.3 is 19.6 Å². The van der Waals surface area contributed by atoms with Crippen molar-refractivity contribution < 1.29 is 14.0 Å². The lowest BCUT2D eigenvalue weighted by Gasteiger charge is -2.37. The summed E-state index contributed by atoms with van der Waals surface area (Å²) in [4.78, 5) is 32.1. The van der Waals surface area contributed by atoms with Gasteiger partial charge in [-0.15, -0.1) is 11.3 Å². The number of para-hydroxylation sites is 1. The number of aromatic nitrogens is 1. The van der Waals surface area contributed by atoms with E-state index in [2.05, 4.69) is 44.2 Å². The first-order chi connectivity index (χ1) is 16.0. The van der Waals surface area contributed by atoms with Gasteiger partial charge in [0, 0.05) is 30.6 Å². The highest BCUT2D eigenvalue weighted by atomic mass is 35.5. The van der Waals surface area contributed by atoms with Gasteiger partial charge >= 0.3 is 0 Å². The van der Waals surface area contributed by atoms with Crippen LogP contribution < -0.4 is 10.2 Å². The van der Waals surface area contributed by atoms with Crippen molar-refractivity contribution in [2.24, 2.45) is 0 Å². The number of aromatic amines is 1. The maximum absolute atomic E-state index is 13.4. The molecule has 0 bridgehead atoms. The number of benzene rings is 1. The maximum Gasteiger partial charge on any atom is 0.268 e. The molecule has 0 saturated carbocycles.